The lowest BCUT2D eigenvalue weighted by Crippen LogP contribution is -2.13. The van der Waals surface area contributed by atoms with Crippen LogP contribution in [0.4, 0.5) is 4.39 Å². The lowest BCUT2D eigenvalue weighted by molar-refractivity contribution is 0.276. The number of amidine groups is 1. The van der Waals surface area contributed by atoms with Gasteiger partial charge in [-0.15, -0.1) is 0 Å². The van der Waals surface area contributed by atoms with Crippen LogP contribution in [0.3, 0.4) is 0 Å². The second-order valence-electron chi connectivity index (χ2n) is 4.16. The SMILES string of the molecule is CC(C)CCOc1ccc(/C(N)=N/O)cc1F. The van der Waals surface area contributed by atoms with E-state index in [9.17, 15) is 4.39 Å². The van der Waals surface area contributed by atoms with Crippen LogP contribution in [0.5, 0.6) is 5.75 Å². The van der Waals surface area contributed by atoms with E-state index >= 15 is 0 Å². The van der Waals surface area contributed by atoms with Gasteiger partial charge in [-0.1, -0.05) is 19.0 Å². The van der Waals surface area contributed by atoms with Crippen molar-refractivity contribution in [3.8, 4) is 5.75 Å². The summed E-state index contributed by atoms with van der Waals surface area (Å²) in [5.41, 5.74) is 5.67. The molecule has 0 bridgehead atoms. The predicted molar refractivity (Wildman–Crippen MR) is 63.9 cm³/mol. The van der Waals surface area contributed by atoms with Gasteiger partial charge in [0.25, 0.3) is 0 Å². The predicted octanol–water partition coefficient (Wildman–Crippen LogP) is 2.35. The zero-order valence-corrected chi connectivity index (χ0v) is 9.98. The third-order valence-corrected chi connectivity index (χ3v) is 2.29. The van der Waals surface area contributed by atoms with Crippen molar-refractivity contribution in [2.75, 3.05) is 6.61 Å². The fraction of sp³-hybridized carbons (Fsp3) is 0.417. The number of ether oxygens (including phenoxy) is 1. The van der Waals surface area contributed by atoms with Crippen LogP contribution in [-0.4, -0.2) is 17.6 Å². The number of benzene rings is 1. The summed E-state index contributed by atoms with van der Waals surface area (Å²) in [6.45, 7) is 4.61. The maximum atomic E-state index is 13.6. The summed E-state index contributed by atoms with van der Waals surface area (Å²) < 4.78 is 18.9. The molecule has 0 aliphatic rings. The average molecular weight is 240 g/mol. The lowest BCUT2D eigenvalue weighted by atomic mass is 10.1. The number of oxime groups is 1. The molecule has 0 fully saturated rings. The van der Waals surface area contributed by atoms with Gasteiger partial charge >= 0.3 is 0 Å². The van der Waals surface area contributed by atoms with E-state index in [0.717, 1.165) is 6.42 Å². The molecule has 0 atom stereocenters. The van der Waals surface area contributed by atoms with Crippen LogP contribution in [0.1, 0.15) is 25.8 Å². The largest absolute Gasteiger partial charge is 0.491 e. The number of hydrogen-bond acceptors (Lipinski definition) is 3. The van der Waals surface area contributed by atoms with Crippen LogP contribution in [0.25, 0.3) is 0 Å². The second-order valence-corrected chi connectivity index (χ2v) is 4.16. The Hall–Kier alpha value is -1.78. The topological polar surface area (TPSA) is 67.8 Å². The third kappa shape index (κ3) is 3.94. The molecule has 5 heteroatoms. The highest BCUT2D eigenvalue weighted by molar-refractivity contribution is 5.97. The van der Waals surface area contributed by atoms with Crippen LogP contribution in [0, 0.1) is 11.7 Å². The van der Waals surface area contributed by atoms with Gasteiger partial charge in [-0.2, -0.15) is 0 Å². The van der Waals surface area contributed by atoms with Gasteiger partial charge in [0.2, 0.25) is 0 Å². The van der Waals surface area contributed by atoms with Crippen molar-refractivity contribution in [3.05, 3.63) is 29.6 Å². The van der Waals surface area contributed by atoms with Crippen molar-refractivity contribution in [1.82, 2.24) is 0 Å². The lowest BCUT2D eigenvalue weighted by Gasteiger charge is -2.09. The van der Waals surface area contributed by atoms with Crippen molar-refractivity contribution in [2.45, 2.75) is 20.3 Å². The molecular weight excluding hydrogens is 223 g/mol. The first-order valence-corrected chi connectivity index (χ1v) is 5.45. The Morgan fingerprint density at radius 1 is 1.53 bits per heavy atom. The molecule has 4 nitrogen and oxygen atoms in total. The van der Waals surface area contributed by atoms with Crippen LogP contribution < -0.4 is 10.5 Å². The molecule has 0 radical (unpaired) electrons. The Kier molecular flexibility index (Phi) is 4.75. The Labute approximate surface area is 99.9 Å². The van der Waals surface area contributed by atoms with E-state index in [-0.39, 0.29) is 11.6 Å². The van der Waals surface area contributed by atoms with Gasteiger partial charge in [-0.3, -0.25) is 0 Å². The van der Waals surface area contributed by atoms with Gasteiger partial charge in [-0.25, -0.2) is 4.39 Å². The Bertz CT molecular complexity index is 405. The highest BCUT2D eigenvalue weighted by Crippen LogP contribution is 2.18. The highest BCUT2D eigenvalue weighted by Gasteiger charge is 2.07. The van der Waals surface area contributed by atoms with Crippen LogP contribution in [0.2, 0.25) is 0 Å². The zero-order valence-electron chi connectivity index (χ0n) is 9.98. The Morgan fingerprint density at radius 3 is 2.76 bits per heavy atom. The molecule has 1 aromatic rings. The molecule has 3 N–H and O–H groups in total. The van der Waals surface area contributed by atoms with Gasteiger partial charge in [0, 0.05) is 5.56 Å². The first kappa shape index (κ1) is 13.3. The summed E-state index contributed by atoms with van der Waals surface area (Å²) >= 11 is 0. The highest BCUT2D eigenvalue weighted by atomic mass is 19.1. The minimum absolute atomic E-state index is 0.127. The second kappa shape index (κ2) is 6.08. The maximum absolute atomic E-state index is 13.6. The monoisotopic (exact) mass is 240 g/mol. The van der Waals surface area contributed by atoms with Crippen molar-refractivity contribution in [3.63, 3.8) is 0 Å². The van der Waals surface area contributed by atoms with E-state index in [1.165, 1.54) is 12.1 Å². The fourth-order valence-corrected chi connectivity index (χ4v) is 1.24. The molecular formula is C12H17FN2O2. The van der Waals surface area contributed by atoms with Crippen LogP contribution in [-0.2, 0) is 0 Å². The molecule has 94 valence electrons. The summed E-state index contributed by atoms with van der Waals surface area (Å²) in [5, 5.41) is 11.3. The van der Waals surface area contributed by atoms with Gasteiger partial charge < -0.3 is 15.7 Å². The number of rotatable bonds is 5. The fourth-order valence-electron chi connectivity index (χ4n) is 1.24. The number of nitrogens with two attached hydrogens (primary N) is 1. The standard InChI is InChI=1S/C12H17FN2O2/c1-8(2)5-6-17-11-4-3-9(7-10(11)13)12(14)15-16/h3-4,7-8,16H,5-6H2,1-2H3,(H2,14,15). The molecule has 0 amide bonds. The quantitative estimate of drug-likeness (QED) is 0.359. The van der Waals surface area contributed by atoms with E-state index in [0.29, 0.717) is 18.1 Å². The van der Waals surface area contributed by atoms with E-state index in [1.807, 2.05) is 0 Å². The Balaban J connectivity index is 2.70. The minimum Gasteiger partial charge on any atom is -0.491 e. The van der Waals surface area contributed by atoms with Crippen LogP contribution >= 0.6 is 0 Å². The van der Waals surface area contributed by atoms with Gasteiger partial charge in [0.05, 0.1) is 6.61 Å². The molecule has 17 heavy (non-hydrogen) atoms. The minimum atomic E-state index is -0.516. The summed E-state index contributed by atoms with van der Waals surface area (Å²) in [6, 6.07) is 4.20. The van der Waals surface area contributed by atoms with Gasteiger partial charge in [-0.05, 0) is 30.5 Å². The number of hydrogen-bond donors (Lipinski definition) is 2. The summed E-state index contributed by atoms with van der Waals surface area (Å²) in [7, 11) is 0. The summed E-state index contributed by atoms with van der Waals surface area (Å²) in [4.78, 5) is 0. The molecule has 0 aliphatic heterocycles. The molecule has 0 unspecified atom stereocenters. The van der Waals surface area contributed by atoms with Crippen LogP contribution in [0.15, 0.2) is 23.4 Å². The van der Waals surface area contributed by atoms with Crippen molar-refractivity contribution in [2.24, 2.45) is 16.8 Å². The molecule has 0 aliphatic carbocycles. The summed E-state index contributed by atoms with van der Waals surface area (Å²) in [5.74, 6) is 0.0464. The maximum Gasteiger partial charge on any atom is 0.170 e. The van der Waals surface area contributed by atoms with E-state index in [2.05, 4.69) is 19.0 Å². The van der Waals surface area contributed by atoms with E-state index in [1.54, 1.807) is 6.07 Å². The Morgan fingerprint density at radius 2 is 2.24 bits per heavy atom. The van der Waals surface area contributed by atoms with E-state index < -0.39 is 5.82 Å². The van der Waals surface area contributed by atoms with Crippen molar-refractivity contribution >= 4 is 5.84 Å². The van der Waals surface area contributed by atoms with Gasteiger partial charge in [0.1, 0.15) is 0 Å². The molecule has 0 saturated heterocycles. The molecule has 0 aromatic heterocycles. The molecule has 1 rings (SSSR count). The van der Waals surface area contributed by atoms with Crippen molar-refractivity contribution < 1.29 is 14.3 Å². The van der Waals surface area contributed by atoms with Crippen molar-refractivity contribution in [1.29, 1.82) is 0 Å². The third-order valence-electron chi connectivity index (χ3n) is 2.29. The molecule has 0 spiro atoms. The first-order chi connectivity index (χ1) is 8.04. The smallest absolute Gasteiger partial charge is 0.170 e. The zero-order chi connectivity index (χ0) is 12.8. The number of halogens is 1. The normalized spacial score (nSPS) is 11.9. The number of nitrogens with zero attached hydrogens (tertiary/aromatic N) is 1. The summed E-state index contributed by atoms with van der Waals surface area (Å²) in [6.07, 6.45) is 0.863. The van der Waals surface area contributed by atoms with Gasteiger partial charge in [0.15, 0.2) is 17.4 Å². The molecule has 1 aromatic carbocycles. The molecule has 0 saturated carbocycles. The average Bonchev–Trinajstić information content (AvgIpc) is 2.29. The van der Waals surface area contributed by atoms with E-state index in [4.69, 9.17) is 15.7 Å². The molecule has 0 heterocycles. The first-order valence-electron chi connectivity index (χ1n) is 5.45.